The molecule has 3 aliphatic rings. The SMILES string of the molecule is CC(=O)N1C[C@@H]2C(N3CCC(O)(C(=O)NCc4cc(F)cc(Cl)c4)C3=O)[C@@H]2C1. The number of carbonyl (C=O) groups is 3. The van der Waals surface area contributed by atoms with Crippen molar-refractivity contribution < 1.29 is 23.9 Å². The van der Waals surface area contributed by atoms with E-state index in [0.717, 1.165) is 6.07 Å². The van der Waals surface area contributed by atoms with Crippen molar-refractivity contribution in [1.29, 1.82) is 0 Å². The lowest BCUT2D eigenvalue weighted by Crippen LogP contribution is -2.53. The molecular formula is C19H21ClFN3O4. The highest BCUT2D eigenvalue weighted by Crippen LogP contribution is 2.50. The number of likely N-dealkylation sites (tertiary alicyclic amines) is 2. The first kappa shape index (κ1) is 19.1. The summed E-state index contributed by atoms with van der Waals surface area (Å²) in [6.07, 6.45) is 0.00787. The third-order valence-electron chi connectivity index (χ3n) is 6.03. The van der Waals surface area contributed by atoms with Gasteiger partial charge in [0.1, 0.15) is 5.82 Å². The van der Waals surface area contributed by atoms with Crippen LogP contribution in [0.1, 0.15) is 18.9 Å². The molecule has 1 aliphatic carbocycles. The van der Waals surface area contributed by atoms with Crippen LogP contribution in [0.3, 0.4) is 0 Å². The van der Waals surface area contributed by atoms with Crippen LogP contribution >= 0.6 is 11.6 Å². The molecule has 2 heterocycles. The molecule has 2 aliphatic heterocycles. The lowest BCUT2D eigenvalue weighted by molar-refractivity contribution is -0.154. The summed E-state index contributed by atoms with van der Waals surface area (Å²) in [5.74, 6) is -1.47. The highest BCUT2D eigenvalue weighted by atomic mass is 35.5. The Morgan fingerprint density at radius 1 is 1.32 bits per heavy atom. The van der Waals surface area contributed by atoms with Crippen molar-refractivity contribution in [1.82, 2.24) is 15.1 Å². The Morgan fingerprint density at radius 3 is 2.61 bits per heavy atom. The number of rotatable bonds is 4. The van der Waals surface area contributed by atoms with Gasteiger partial charge in [0.05, 0.1) is 0 Å². The molecule has 3 amide bonds. The number of nitrogens with one attached hydrogen (secondary N) is 1. The van der Waals surface area contributed by atoms with E-state index in [1.165, 1.54) is 19.1 Å². The van der Waals surface area contributed by atoms with E-state index in [-0.39, 0.29) is 41.8 Å². The molecule has 2 unspecified atom stereocenters. The first-order chi connectivity index (χ1) is 13.2. The highest BCUT2D eigenvalue weighted by Gasteiger charge is 2.64. The molecule has 2 N–H and O–H groups in total. The lowest BCUT2D eigenvalue weighted by Gasteiger charge is -2.25. The molecule has 1 aromatic rings. The predicted molar refractivity (Wildman–Crippen MR) is 97.6 cm³/mol. The number of carbonyl (C=O) groups excluding carboxylic acids is 3. The normalized spacial score (nSPS) is 31.1. The molecule has 28 heavy (non-hydrogen) atoms. The van der Waals surface area contributed by atoms with Gasteiger partial charge in [-0.2, -0.15) is 0 Å². The summed E-state index contributed by atoms with van der Waals surface area (Å²) in [7, 11) is 0. The van der Waals surface area contributed by atoms with Crippen molar-refractivity contribution in [2.45, 2.75) is 31.5 Å². The van der Waals surface area contributed by atoms with E-state index >= 15 is 0 Å². The Labute approximate surface area is 166 Å². The fraction of sp³-hybridized carbons (Fsp3) is 0.526. The van der Waals surface area contributed by atoms with Gasteiger partial charge in [-0.1, -0.05) is 11.6 Å². The summed E-state index contributed by atoms with van der Waals surface area (Å²) in [6.45, 7) is 2.99. The van der Waals surface area contributed by atoms with Crippen LogP contribution in [0.2, 0.25) is 5.02 Å². The quantitative estimate of drug-likeness (QED) is 0.710. The van der Waals surface area contributed by atoms with Gasteiger partial charge in [-0.3, -0.25) is 14.4 Å². The Bertz CT molecular complexity index is 833. The van der Waals surface area contributed by atoms with E-state index in [0.29, 0.717) is 25.2 Å². The maximum absolute atomic E-state index is 13.4. The minimum absolute atomic E-state index is 0.00787. The van der Waals surface area contributed by atoms with E-state index in [1.807, 2.05) is 0 Å². The third kappa shape index (κ3) is 3.14. The molecule has 1 saturated carbocycles. The zero-order chi connectivity index (χ0) is 20.2. The van der Waals surface area contributed by atoms with Crippen LogP contribution in [-0.4, -0.2) is 63.9 Å². The first-order valence-corrected chi connectivity index (χ1v) is 9.61. The summed E-state index contributed by atoms with van der Waals surface area (Å²) < 4.78 is 13.4. The zero-order valence-corrected chi connectivity index (χ0v) is 16.1. The highest BCUT2D eigenvalue weighted by molar-refractivity contribution is 6.30. The van der Waals surface area contributed by atoms with Crippen LogP contribution in [0.25, 0.3) is 0 Å². The monoisotopic (exact) mass is 409 g/mol. The van der Waals surface area contributed by atoms with Gasteiger partial charge in [-0.25, -0.2) is 4.39 Å². The molecule has 1 aromatic carbocycles. The second-order valence-corrected chi connectivity index (χ2v) is 8.25. The van der Waals surface area contributed by atoms with Crippen LogP contribution in [0.4, 0.5) is 4.39 Å². The Hall–Kier alpha value is -2.19. The van der Waals surface area contributed by atoms with Crippen LogP contribution in [-0.2, 0) is 20.9 Å². The van der Waals surface area contributed by atoms with Gasteiger partial charge in [-0.05, 0) is 23.8 Å². The summed E-state index contributed by atoms with van der Waals surface area (Å²) >= 11 is 5.79. The van der Waals surface area contributed by atoms with Crippen molar-refractivity contribution in [2.24, 2.45) is 11.8 Å². The molecular weight excluding hydrogens is 389 g/mol. The zero-order valence-electron chi connectivity index (χ0n) is 15.3. The number of hydrogen-bond acceptors (Lipinski definition) is 4. The average Bonchev–Trinajstić information content (AvgIpc) is 2.97. The Kier molecular flexibility index (Phi) is 4.58. The minimum Gasteiger partial charge on any atom is -0.372 e. The van der Waals surface area contributed by atoms with E-state index in [4.69, 9.17) is 11.6 Å². The summed E-state index contributed by atoms with van der Waals surface area (Å²) in [5, 5.41) is 13.4. The Balaban J connectivity index is 1.37. The van der Waals surface area contributed by atoms with Gasteiger partial charge in [-0.15, -0.1) is 0 Å². The number of hydrogen-bond donors (Lipinski definition) is 2. The maximum atomic E-state index is 13.4. The average molecular weight is 410 g/mol. The van der Waals surface area contributed by atoms with Crippen molar-refractivity contribution in [3.8, 4) is 0 Å². The number of aliphatic hydroxyl groups is 1. The fourth-order valence-electron chi connectivity index (χ4n) is 4.48. The van der Waals surface area contributed by atoms with E-state index in [1.54, 1.807) is 9.80 Å². The van der Waals surface area contributed by atoms with Gasteiger partial charge < -0.3 is 20.2 Å². The molecule has 3 fully saturated rings. The molecule has 4 atom stereocenters. The van der Waals surface area contributed by atoms with Gasteiger partial charge >= 0.3 is 0 Å². The van der Waals surface area contributed by atoms with E-state index in [9.17, 15) is 23.9 Å². The molecule has 0 aromatic heterocycles. The molecule has 7 nitrogen and oxygen atoms in total. The number of fused-ring (bicyclic) bond motifs is 1. The molecule has 2 saturated heterocycles. The number of nitrogens with zero attached hydrogens (tertiary/aromatic N) is 2. The second kappa shape index (κ2) is 6.70. The number of benzene rings is 1. The topological polar surface area (TPSA) is 89.9 Å². The van der Waals surface area contributed by atoms with Crippen LogP contribution in [0, 0.1) is 17.7 Å². The van der Waals surface area contributed by atoms with Gasteiger partial charge in [0, 0.05) is 62.4 Å². The number of amides is 3. The van der Waals surface area contributed by atoms with Gasteiger partial charge in [0.25, 0.3) is 11.8 Å². The largest absolute Gasteiger partial charge is 0.372 e. The standard InChI is InChI=1S/C19H21ClFN3O4/c1-10(25)23-8-14-15(9-23)16(14)24-3-2-19(28,18(24)27)17(26)22-7-11-4-12(20)6-13(21)5-11/h4-6,14-16,28H,2-3,7-9H2,1H3,(H,22,26)/t14-,15+,16?,19?. The summed E-state index contributed by atoms with van der Waals surface area (Å²) in [4.78, 5) is 40.1. The van der Waals surface area contributed by atoms with Crippen molar-refractivity contribution in [2.75, 3.05) is 19.6 Å². The smallest absolute Gasteiger partial charge is 0.264 e. The van der Waals surface area contributed by atoms with Gasteiger partial charge in [0.15, 0.2) is 0 Å². The molecule has 0 spiro atoms. The second-order valence-electron chi connectivity index (χ2n) is 7.81. The number of piperidine rings is 1. The van der Waals surface area contributed by atoms with Crippen molar-refractivity contribution >= 4 is 29.3 Å². The maximum Gasteiger partial charge on any atom is 0.264 e. The predicted octanol–water partition coefficient (Wildman–Crippen LogP) is 0.535. The fourth-order valence-corrected chi connectivity index (χ4v) is 4.72. The van der Waals surface area contributed by atoms with Crippen molar-refractivity contribution in [3.05, 3.63) is 34.6 Å². The Morgan fingerprint density at radius 2 is 2.00 bits per heavy atom. The third-order valence-corrected chi connectivity index (χ3v) is 6.25. The first-order valence-electron chi connectivity index (χ1n) is 9.23. The number of halogens is 2. The van der Waals surface area contributed by atoms with E-state index < -0.39 is 23.2 Å². The lowest BCUT2D eigenvalue weighted by atomic mass is 10.0. The van der Waals surface area contributed by atoms with E-state index in [2.05, 4.69) is 5.32 Å². The molecule has 150 valence electrons. The van der Waals surface area contributed by atoms with Gasteiger partial charge in [0.2, 0.25) is 11.5 Å². The molecule has 9 heteroatoms. The molecule has 0 bridgehead atoms. The summed E-state index contributed by atoms with van der Waals surface area (Å²) in [5.41, 5.74) is -1.68. The van der Waals surface area contributed by atoms with Crippen molar-refractivity contribution in [3.63, 3.8) is 0 Å². The minimum atomic E-state index is -2.12. The summed E-state index contributed by atoms with van der Waals surface area (Å²) in [6, 6.07) is 3.86. The van der Waals surface area contributed by atoms with Crippen LogP contribution in [0.5, 0.6) is 0 Å². The molecule has 0 radical (unpaired) electrons. The van der Waals surface area contributed by atoms with Crippen LogP contribution < -0.4 is 5.32 Å². The molecule has 4 rings (SSSR count). The van der Waals surface area contributed by atoms with Crippen LogP contribution in [0.15, 0.2) is 18.2 Å².